The topological polar surface area (TPSA) is 38.5 Å². The highest BCUT2D eigenvalue weighted by Gasteiger charge is 2.35. The van der Waals surface area contributed by atoms with Gasteiger partial charge >= 0.3 is 5.37 Å². The van der Waals surface area contributed by atoms with Crippen molar-refractivity contribution in [3.63, 3.8) is 0 Å². The van der Waals surface area contributed by atoms with E-state index in [4.69, 9.17) is 18.2 Å². The average Bonchev–Trinajstić information content (AvgIpc) is 2.42. The van der Waals surface area contributed by atoms with Crippen LogP contribution < -0.4 is 0 Å². The van der Waals surface area contributed by atoms with Gasteiger partial charge in [-0.2, -0.15) is 0 Å². The highest BCUT2D eigenvalue weighted by molar-refractivity contribution is 7.91. The fourth-order valence-electron chi connectivity index (χ4n) is 1.84. The summed E-state index contributed by atoms with van der Waals surface area (Å²) in [5.74, 6) is 0. The zero-order valence-corrected chi connectivity index (χ0v) is 12.3. The van der Waals surface area contributed by atoms with Crippen molar-refractivity contribution in [2.24, 2.45) is 0 Å². The molecule has 2 aromatic carbocycles. The van der Waals surface area contributed by atoms with Gasteiger partial charge in [-0.1, -0.05) is 41.4 Å². The fraction of sp³-hybridized carbons (Fsp3) is 0.133. The summed E-state index contributed by atoms with van der Waals surface area (Å²) in [6, 6.07) is 13.0. The minimum Gasteiger partial charge on any atom is -0.291 e. The van der Waals surface area contributed by atoms with E-state index in [-0.39, 0.29) is 9.92 Å². The van der Waals surface area contributed by atoms with Crippen molar-refractivity contribution in [2.75, 3.05) is 0 Å². The van der Waals surface area contributed by atoms with Crippen molar-refractivity contribution in [1.29, 1.82) is 0 Å². The maximum absolute atomic E-state index is 12.6. The SMILES string of the molecule is [C-]#[N+]C(c1ccccc1Cl)S(=O)(=O)c1ccc(C)cc1. The van der Waals surface area contributed by atoms with Gasteiger partial charge in [-0.3, -0.25) is 4.85 Å². The summed E-state index contributed by atoms with van der Waals surface area (Å²) in [5.41, 5.74) is 1.27. The highest BCUT2D eigenvalue weighted by atomic mass is 35.5. The van der Waals surface area contributed by atoms with Crippen LogP contribution in [0.4, 0.5) is 0 Å². The molecular formula is C15H12ClNO2S. The summed E-state index contributed by atoms with van der Waals surface area (Å²) in [5, 5.41) is -1.04. The molecule has 2 rings (SSSR count). The van der Waals surface area contributed by atoms with E-state index in [1.807, 2.05) is 6.92 Å². The molecule has 0 bridgehead atoms. The lowest BCUT2D eigenvalue weighted by Gasteiger charge is -2.09. The molecule has 20 heavy (non-hydrogen) atoms. The Hall–Kier alpha value is -1.83. The molecule has 0 fully saturated rings. The molecule has 0 aliphatic heterocycles. The smallest absolute Gasteiger partial charge is 0.291 e. The first-order valence-corrected chi connectivity index (χ1v) is 7.81. The van der Waals surface area contributed by atoms with Crippen molar-refractivity contribution < 1.29 is 8.42 Å². The van der Waals surface area contributed by atoms with E-state index in [9.17, 15) is 8.42 Å². The van der Waals surface area contributed by atoms with Crippen LogP contribution in [0.25, 0.3) is 4.85 Å². The molecule has 1 atom stereocenters. The molecule has 102 valence electrons. The van der Waals surface area contributed by atoms with Crippen molar-refractivity contribution >= 4 is 21.4 Å². The van der Waals surface area contributed by atoms with Gasteiger partial charge in [0.1, 0.15) is 0 Å². The molecule has 0 amide bonds. The molecule has 0 heterocycles. The highest BCUT2D eigenvalue weighted by Crippen LogP contribution is 2.34. The molecule has 3 nitrogen and oxygen atoms in total. The Balaban J connectivity index is 2.55. The second-order valence-electron chi connectivity index (χ2n) is 4.36. The zero-order chi connectivity index (χ0) is 14.8. The Bertz CT molecular complexity index is 761. The molecule has 0 aromatic heterocycles. The minimum absolute atomic E-state index is 0.129. The van der Waals surface area contributed by atoms with Crippen molar-refractivity contribution in [3.8, 4) is 0 Å². The summed E-state index contributed by atoms with van der Waals surface area (Å²) in [6.07, 6.45) is 0. The Morgan fingerprint density at radius 1 is 1.10 bits per heavy atom. The van der Waals surface area contributed by atoms with Crippen molar-refractivity contribution in [2.45, 2.75) is 17.2 Å². The molecule has 0 aliphatic carbocycles. The van der Waals surface area contributed by atoms with Crippen LogP contribution in [0.2, 0.25) is 5.02 Å². The van der Waals surface area contributed by atoms with E-state index in [1.54, 1.807) is 36.4 Å². The van der Waals surface area contributed by atoms with Crippen LogP contribution >= 0.6 is 11.6 Å². The third kappa shape index (κ3) is 2.69. The number of hydrogen-bond donors (Lipinski definition) is 0. The predicted octanol–water partition coefficient (Wildman–Crippen LogP) is 4.04. The van der Waals surface area contributed by atoms with Crippen molar-refractivity contribution in [1.82, 2.24) is 0 Å². The lowest BCUT2D eigenvalue weighted by molar-refractivity contribution is 0.590. The molecule has 5 heteroatoms. The van der Waals surface area contributed by atoms with Crippen LogP contribution in [0.5, 0.6) is 0 Å². The Kier molecular flexibility index (Phi) is 4.12. The molecule has 0 saturated heterocycles. The number of benzene rings is 2. The number of halogens is 1. The second kappa shape index (κ2) is 5.66. The van der Waals surface area contributed by atoms with Gasteiger partial charge in [0.25, 0.3) is 9.84 Å². The molecule has 0 spiro atoms. The summed E-state index contributed by atoms with van der Waals surface area (Å²) in [7, 11) is -3.78. The third-order valence-electron chi connectivity index (χ3n) is 2.93. The van der Waals surface area contributed by atoms with E-state index in [1.165, 1.54) is 12.1 Å². The number of nitrogens with zero attached hydrogens (tertiary/aromatic N) is 1. The number of rotatable bonds is 3. The van der Waals surface area contributed by atoms with Crippen LogP contribution in [0, 0.1) is 13.5 Å². The maximum atomic E-state index is 12.6. The van der Waals surface area contributed by atoms with E-state index < -0.39 is 15.2 Å². The normalized spacial score (nSPS) is 12.7. The summed E-state index contributed by atoms with van der Waals surface area (Å²) in [6.45, 7) is 9.10. The Labute approximate surface area is 123 Å². The molecule has 2 aromatic rings. The van der Waals surface area contributed by atoms with Crippen LogP contribution in [-0.2, 0) is 9.84 Å². The molecule has 1 unspecified atom stereocenters. The Morgan fingerprint density at radius 3 is 2.25 bits per heavy atom. The third-order valence-corrected chi connectivity index (χ3v) is 5.15. The van der Waals surface area contributed by atoms with Crippen LogP contribution in [0.3, 0.4) is 0 Å². The molecule has 0 N–H and O–H groups in total. The van der Waals surface area contributed by atoms with E-state index in [2.05, 4.69) is 4.85 Å². The lowest BCUT2D eigenvalue weighted by atomic mass is 10.2. The maximum Gasteiger partial charge on any atom is 0.351 e. The minimum atomic E-state index is -3.78. The second-order valence-corrected chi connectivity index (χ2v) is 6.78. The largest absolute Gasteiger partial charge is 0.351 e. The van der Waals surface area contributed by atoms with Gasteiger partial charge in [0.05, 0.1) is 15.5 Å². The van der Waals surface area contributed by atoms with E-state index in [0.29, 0.717) is 5.56 Å². The van der Waals surface area contributed by atoms with Gasteiger partial charge in [0.15, 0.2) is 0 Å². The molecule has 0 radical (unpaired) electrons. The van der Waals surface area contributed by atoms with Crippen LogP contribution in [0.1, 0.15) is 16.5 Å². The van der Waals surface area contributed by atoms with Gasteiger partial charge < -0.3 is 0 Å². The summed E-state index contributed by atoms with van der Waals surface area (Å²) in [4.78, 5) is 3.40. The van der Waals surface area contributed by atoms with Crippen LogP contribution in [0.15, 0.2) is 53.4 Å². The quantitative estimate of drug-likeness (QED) is 0.803. The number of sulfone groups is 1. The monoisotopic (exact) mass is 305 g/mol. The van der Waals surface area contributed by atoms with Crippen molar-refractivity contribution in [3.05, 3.63) is 76.1 Å². The van der Waals surface area contributed by atoms with E-state index >= 15 is 0 Å². The average molecular weight is 306 g/mol. The van der Waals surface area contributed by atoms with Gasteiger partial charge in [-0.25, -0.2) is 15.0 Å². The Morgan fingerprint density at radius 2 is 1.70 bits per heavy atom. The first-order valence-electron chi connectivity index (χ1n) is 5.88. The predicted molar refractivity (Wildman–Crippen MR) is 79.2 cm³/mol. The summed E-state index contributed by atoms with van der Waals surface area (Å²) < 4.78 is 25.1. The summed E-state index contributed by atoms with van der Waals surface area (Å²) >= 11 is 6.01. The zero-order valence-electron chi connectivity index (χ0n) is 10.7. The first-order chi connectivity index (χ1) is 9.46. The van der Waals surface area contributed by atoms with Crippen LogP contribution in [-0.4, -0.2) is 8.42 Å². The lowest BCUT2D eigenvalue weighted by Crippen LogP contribution is -2.11. The molecule has 0 aliphatic rings. The van der Waals surface area contributed by atoms with Gasteiger partial charge in [0, 0.05) is 0 Å². The standard InChI is InChI=1S/C15H12ClNO2S/c1-11-7-9-12(10-8-11)20(18,19)15(17-2)13-5-3-4-6-14(13)16/h3-10,15H,1H3. The number of hydrogen-bond acceptors (Lipinski definition) is 2. The van der Waals surface area contributed by atoms with E-state index in [0.717, 1.165) is 5.56 Å². The first kappa shape index (κ1) is 14.6. The molecule has 0 saturated carbocycles. The van der Waals surface area contributed by atoms with Gasteiger partial charge in [-0.05, 0) is 31.2 Å². The fourth-order valence-corrected chi connectivity index (χ4v) is 3.59. The number of aryl methyl sites for hydroxylation is 1. The van der Waals surface area contributed by atoms with Gasteiger partial charge in [-0.15, -0.1) is 0 Å². The molecular weight excluding hydrogens is 294 g/mol. The van der Waals surface area contributed by atoms with Gasteiger partial charge in [0.2, 0.25) is 0 Å².